The number of fused-ring (bicyclic) bond motifs is 2. The van der Waals surface area contributed by atoms with E-state index in [1.807, 2.05) is 31.3 Å². The number of aliphatic imine (C=N–C) groups is 1. The van der Waals surface area contributed by atoms with E-state index in [1.165, 1.54) is 12.1 Å². The minimum atomic E-state index is -1.28. The summed E-state index contributed by atoms with van der Waals surface area (Å²) in [6, 6.07) is 24.0. The van der Waals surface area contributed by atoms with Crippen LogP contribution in [0.5, 0.6) is 17.2 Å². The molecule has 0 saturated heterocycles. The van der Waals surface area contributed by atoms with Crippen molar-refractivity contribution in [3.8, 4) is 17.2 Å². The minimum Gasteiger partial charge on any atom is -0.508 e. The van der Waals surface area contributed by atoms with Crippen molar-refractivity contribution in [3.63, 3.8) is 0 Å². The summed E-state index contributed by atoms with van der Waals surface area (Å²) in [5, 5.41) is 52.1. The van der Waals surface area contributed by atoms with E-state index >= 15 is 0 Å². The Labute approximate surface area is 259 Å². The lowest BCUT2D eigenvalue weighted by Gasteiger charge is -2.22. The zero-order valence-corrected chi connectivity index (χ0v) is 24.5. The Kier molecular flexibility index (Phi) is 8.99. The third-order valence-corrected chi connectivity index (χ3v) is 7.68. The molecule has 0 atom stereocenters. The lowest BCUT2D eigenvalue weighted by atomic mass is 9.90. The van der Waals surface area contributed by atoms with Crippen molar-refractivity contribution in [1.82, 2.24) is 4.90 Å². The van der Waals surface area contributed by atoms with Crippen molar-refractivity contribution in [1.29, 1.82) is 0 Å². The molecule has 0 fully saturated rings. The van der Waals surface area contributed by atoms with Crippen molar-refractivity contribution in [2.24, 2.45) is 4.99 Å². The quantitative estimate of drug-likeness (QED) is 0.147. The number of phenols is 3. The van der Waals surface area contributed by atoms with Crippen molar-refractivity contribution in [2.45, 2.75) is 12.8 Å². The molecule has 45 heavy (non-hydrogen) atoms. The molecule has 0 saturated carbocycles. The van der Waals surface area contributed by atoms with Crippen LogP contribution in [0.25, 0.3) is 27.6 Å². The fourth-order valence-corrected chi connectivity index (χ4v) is 5.40. The Balaban J connectivity index is 0.000000211. The molecule has 228 valence electrons. The molecule has 0 aromatic heterocycles. The number of carboxylic acid groups (broad SMARTS) is 2. The second-order valence-electron chi connectivity index (χ2n) is 10.7. The first-order valence-electron chi connectivity index (χ1n) is 14.3. The molecule has 0 radical (unpaired) electrons. The highest BCUT2D eigenvalue weighted by molar-refractivity contribution is 6.02. The highest BCUT2D eigenvalue weighted by Crippen LogP contribution is 2.38. The molecular weight excluding hydrogens is 572 g/mol. The SMILES string of the molecule is CN1CCCN=C1/C=C/c1cccc(O)c1.O=C(O)c1cc2ccccc2c(Cc2c(O)c(C(=O)O)cc3ccccc23)c1O. The number of carbonyl (C=O) groups is 2. The Morgan fingerprint density at radius 1 is 0.756 bits per heavy atom. The van der Waals surface area contributed by atoms with Crippen LogP contribution in [-0.2, 0) is 6.42 Å². The molecule has 5 aromatic rings. The molecule has 6 rings (SSSR count). The molecule has 5 N–H and O–H groups in total. The predicted octanol–water partition coefficient (Wildman–Crippen LogP) is 6.53. The fourth-order valence-electron chi connectivity index (χ4n) is 5.40. The van der Waals surface area contributed by atoms with E-state index in [1.54, 1.807) is 60.7 Å². The largest absolute Gasteiger partial charge is 0.508 e. The van der Waals surface area contributed by atoms with Gasteiger partial charge in [-0.1, -0.05) is 66.7 Å². The second kappa shape index (κ2) is 13.2. The van der Waals surface area contributed by atoms with Gasteiger partial charge < -0.3 is 30.4 Å². The van der Waals surface area contributed by atoms with Gasteiger partial charge >= 0.3 is 11.9 Å². The highest BCUT2D eigenvalue weighted by atomic mass is 16.4. The van der Waals surface area contributed by atoms with Crippen LogP contribution in [0.4, 0.5) is 0 Å². The Morgan fingerprint density at radius 3 is 1.82 bits per heavy atom. The number of hydrogen-bond donors (Lipinski definition) is 5. The smallest absolute Gasteiger partial charge is 0.339 e. The first-order valence-corrected chi connectivity index (χ1v) is 14.3. The standard InChI is InChI=1S/C23H16O6.C13H16N2O/c24-20-16(14-7-3-1-5-12(14)9-18(20)22(26)27)11-17-15-8-4-2-6-13(15)10-19(21(17)25)23(28)29;1-15-9-3-8-14-13(15)7-6-11-4-2-5-12(16)10-11/h1-10,24-25H,11H2,(H,26,27)(H,28,29);2,4-7,10,16H,3,8-9H2,1H3/b;7-6+. The molecule has 0 spiro atoms. The Hall–Kier alpha value is -5.83. The summed E-state index contributed by atoms with van der Waals surface area (Å²) in [6.45, 7) is 1.97. The highest BCUT2D eigenvalue weighted by Gasteiger charge is 2.22. The fraction of sp³-hybridized carbons (Fsp3) is 0.139. The van der Waals surface area contributed by atoms with Crippen LogP contribution in [0.15, 0.2) is 96.0 Å². The number of nitrogens with zero attached hydrogens (tertiary/aromatic N) is 2. The molecule has 9 nitrogen and oxygen atoms in total. The third-order valence-electron chi connectivity index (χ3n) is 7.68. The van der Waals surface area contributed by atoms with Gasteiger partial charge in [0.1, 0.15) is 34.2 Å². The van der Waals surface area contributed by atoms with E-state index in [2.05, 4.69) is 9.89 Å². The van der Waals surface area contributed by atoms with Crippen molar-refractivity contribution in [3.05, 3.63) is 119 Å². The third kappa shape index (κ3) is 6.73. The van der Waals surface area contributed by atoms with Gasteiger partial charge in [0.2, 0.25) is 0 Å². The van der Waals surface area contributed by atoms with E-state index in [0.29, 0.717) is 38.4 Å². The van der Waals surface area contributed by atoms with Gasteiger partial charge in [-0.25, -0.2) is 9.59 Å². The summed E-state index contributed by atoms with van der Waals surface area (Å²) < 4.78 is 0. The number of aromatic hydroxyl groups is 3. The topological polar surface area (TPSA) is 151 Å². The van der Waals surface area contributed by atoms with E-state index in [9.17, 15) is 35.1 Å². The van der Waals surface area contributed by atoms with Gasteiger partial charge in [-0.3, -0.25) is 4.99 Å². The maximum atomic E-state index is 11.6. The van der Waals surface area contributed by atoms with Crippen molar-refractivity contribution < 1.29 is 35.1 Å². The van der Waals surface area contributed by atoms with Crippen molar-refractivity contribution >= 4 is 45.4 Å². The van der Waals surface area contributed by atoms with E-state index in [4.69, 9.17) is 0 Å². The van der Waals surface area contributed by atoms with Crippen LogP contribution in [0.1, 0.15) is 43.8 Å². The maximum Gasteiger partial charge on any atom is 0.339 e. The van der Waals surface area contributed by atoms with Crippen LogP contribution in [0.3, 0.4) is 0 Å². The van der Waals surface area contributed by atoms with Gasteiger partial charge in [0.05, 0.1) is 0 Å². The number of rotatable bonds is 6. The first-order chi connectivity index (χ1) is 21.6. The zero-order chi connectivity index (χ0) is 32.1. The van der Waals surface area contributed by atoms with Crippen LogP contribution in [0, 0.1) is 0 Å². The second-order valence-corrected chi connectivity index (χ2v) is 10.7. The Morgan fingerprint density at radius 2 is 1.31 bits per heavy atom. The number of amidine groups is 1. The summed E-state index contributed by atoms with van der Waals surface area (Å²) in [7, 11) is 2.05. The van der Waals surface area contributed by atoms with Gasteiger partial charge in [0.15, 0.2) is 0 Å². The minimum absolute atomic E-state index is 0.0407. The molecule has 0 unspecified atom stereocenters. The van der Waals surface area contributed by atoms with Gasteiger partial charge in [-0.2, -0.15) is 0 Å². The summed E-state index contributed by atoms with van der Waals surface area (Å²) in [4.78, 5) is 29.8. The zero-order valence-electron chi connectivity index (χ0n) is 24.5. The Bertz CT molecular complexity index is 1880. The molecule has 1 heterocycles. The van der Waals surface area contributed by atoms with Gasteiger partial charge in [0.25, 0.3) is 0 Å². The molecule has 1 aliphatic heterocycles. The summed E-state index contributed by atoms with van der Waals surface area (Å²) in [6.07, 6.45) is 5.05. The van der Waals surface area contributed by atoms with Crippen LogP contribution >= 0.6 is 0 Å². The lowest BCUT2D eigenvalue weighted by Crippen LogP contribution is -2.30. The van der Waals surface area contributed by atoms with Crippen molar-refractivity contribution in [2.75, 3.05) is 20.1 Å². The summed E-state index contributed by atoms with van der Waals surface area (Å²) >= 11 is 0. The van der Waals surface area contributed by atoms with E-state index in [-0.39, 0.29) is 17.5 Å². The molecule has 0 bridgehead atoms. The van der Waals surface area contributed by atoms with E-state index < -0.39 is 23.4 Å². The number of benzene rings is 5. The number of carboxylic acids is 2. The number of phenolic OH excluding ortho intramolecular Hbond substituents is 1. The van der Waals surface area contributed by atoms with E-state index in [0.717, 1.165) is 30.9 Å². The predicted molar refractivity (Wildman–Crippen MR) is 175 cm³/mol. The lowest BCUT2D eigenvalue weighted by molar-refractivity contribution is 0.0682. The van der Waals surface area contributed by atoms with Gasteiger partial charge in [-0.05, 0) is 63.9 Å². The summed E-state index contributed by atoms with van der Waals surface area (Å²) in [5.74, 6) is -2.05. The average molecular weight is 605 g/mol. The number of hydrogen-bond acceptors (Lipinski definition) is 7. The maximum absolute atomic E-state index is 11.6. The average Bonchev–Trinajstić information content (AvgIpc) is 3.03. The van der Waals surface area contributed by atoms with Crippen LogP contribution < -0.4 is 0 Å². The summed E-state index contributed by atoms with van der Waals surface area (Å²) in [5.41, 5.74) is 1.10. The van der Waals surface area contributed by atoms with Gasteiger partial charge in [-0.15, -0.1) is 0 Å². The molecule has 0 amide bonds. The monoisotopic (exact) mass is 604 g/mol. The van der Waals surface area contributed by atoms with Gasteiger partial charge in [0, 0.05) is 37.7 Å². The number of likely N-dealkylation sites (N-methyl/N-ethyl adjacent to an activating group) is 1. The van der Waals surface area contributed by atoms with Crippen LogP contribution in [-0.4, -0.2) is 68.3 Å². The van der Waals surface area contributed by atoms with Crippen LogP contribution in [0.2, 0.25) is 0 Å². The molecule has 1 aliphatic rings. The molecule has 0 aliphatic carbocycles. The molecular formula is C36H32N2O7. The molecule has 9 heteroatoms. The first kappa shape index (κ1) is 30.6. The number of aromatic carboxylic acids is 2. The molecule has 5 aromatic carbocycles. The normalized spacial score (nSPS) is 13.0.